The minimum absolute atomic E-state index is 0.191. The van der Waals surface area contributed by atoms with E-state index in [-0.39, 0.29) is 18.0 Å². The van der Waals surface area contributed by atoms with E-state index in [2.05, 4.69) is 5.32 Å². The van der Waals surface area contributed by atoms with Crippen molar-refractivity contribution in [3.63, 3.8) is 0 Å². The third-order valence-corrected chi connectivity index (χ3v) is 4.02. The summed E-state index contributed by atoms with van der Waals surface area (Å²) in [6, 6.07) is 3.33. The molecule has 1 aromatic rings. The van der Waals surface area contributed by atoms with Gasteiger partial charge in [0.1, 0.15) is 5.82 Å². The average Bonchev–Trinajstić information content (AvgIpc) is 2.73. The molecule has 0 heterocycles. The van der Waals surface area contributed by atoms with Crippen LogP contribution >= 0.6 is 22.6 Å². The first-order valence-corrected chi connectivity index (χ1v) is 6.73. The SMILES string of the molecule is COC1CCCC1Nc1cc(F)c(I)cc1N. The lowest BCUT2D eigenvalue weighted by atomic mass is 10.2. The van der Waals surface area contributed by atoms with Gasteiger partial charge in [-0.05, 0) is 47.9 Å². The van der Waals surface area contributed by atoms with Crippen LogP contribution in [0.1, 0.15) is 19.3 Å². The van der Waals surface area contributed by atoms with Crippen LogP contribution < -0.4 is 11.1 Å². The van der Waals surface area contributed by atoms with Gasteiger partial charge >= 0.3 is 0 Å². The third-order valence-electron chi connectivity index (χ3n) is 3.19. The molecule has 2 unspecified atom stereocenters. The fraction of sp³-hybridized carbons (Fsp3) is 0.500. The number of hydrogen-bond acceptors (Lipinski definition) is 3. The molecule has 1 aliphatic rings. The Morgan fingerprint density at radius 3 is 2.94 bits per heavy atom. The molecule has 0 radical (unpaired) electrons. The first-order valence-electron chi connectivity index (χ1n) is 5.65. The monoisotopic (exact) mass is 350 g/mol. The second-order valence-electron chi connectivity index (χ2n) is 4.31. The zero-order valence-electron chi connectivity index (χ0n) is 9.67. The smallest absolute Gasteiger partial charge is 0.138 e. The minimum Gasteiger partial charge on any atom is -0.397 e. The third kappa shape index (κ3) is 2.82. The molecule has 1 aromatic carbocycles. The summed E-state index contributed by atoms with van der Waals surface area (Å²) in [6.45, 7) is 0. The fourth-order valence-corrected chi connectivity index (χ4v) is 2.75. The minimum atomic E-state index is -0.241. The normalized spacial score (nSPS) is 23.9. The molecule has 0 spiro atoms. The number of hydrogen-bond donors (Lipinski definition) is 2. The summed E-state index contributed by atoms with van der Waals surface area (Å²) >= 11 is 1.94. The number of rotatable bonds is 3. The van der Waals surface area contributed by atoms with E-state index < -0.39 is 0 Å². The van der Waals surface area contributed by atoms with Crippen molar-refractivity contribution in [1.29, 1.82) is 0 Å². The molecule has 0 amide bonds. The molecule has 2 atom stereocenters. The van der Waals surface area contributed by atoms with E-state index in [1.165, 1.54) is 6.07 Å². The maximum absolute atomic E-state index is 13.5. The summed E-state index contributed by atoms with van der Waals surface area (Å²) in [4.78, 5) is 0. The molecule has 2 rings (SSSR count). The van der Waals surface area contributed by atoms with Gasteiger partial charge in [0.05, 0.1) is 27.1 Å². The maximum atomic E-state index is 13.5. The molecular weight excluding hydrogens is 334 g/mol. The molecular formula is C12H16FIN2O. The number of anilines is 2. The number of nitrogen functional groups attached to an aromatic ring is 1. The van der Waals surface area contributed by atoms with E-state index in [9.17, 15) is 4.39 Å². The maximum Gasteiger partial charge on any atom is 0.138 e. The average molecular weight is 350 g/mol. The summed E-state index contributed by atoms with van der Waals surface area (Å²) in [7, 11) is 1.71. The second-order valence-corrected chi connectivity index (χ2v) is 5.47. The highest BCUT2D eigenvalue weighted by Crippen LogP contribution is 2.29. The van der Waals surface area contributed by atoms with Crippen molar-refractivity contribution < 1.29 is 9.13 Å². The second kappa shape index (κ2) is 5.39. The Balaban J connectivity index is 2.15. The van der Waals surface area contributed by atoms with Gasteiger partial charge in [-0.15, -0.1) is 0 Å². The first kappa shape index (κ1) is 12.9. The van der Waals surface area contributed by atoms with Crippen LogP contribution in [0.15, 0.2) is 12.1 Å². The Hall–Kier alpha value is -0.560. The number of nitrogens with one attached hydrogen (secondary N) is 1. The summed E-state index contributed by atoms with van der Waals surface area (Å²) in [5, 5.41) is 3.28. The van der Waals surface area contributed by atoms with Gasteiger partial charge in [0.2, 0.25) is 0 Å². The summed E-state index contributed by atoms with van der Waals surface area (Å²) < 4.78 is 19.4. The zero-order valence-corrected chi connectivity index (χ0v) is 11.8. The topological polar surface area (TPSA) is 47.3 Å². The molecule has 1 fully saturated rings. The number of benzene rings is 1. The van der Waals surface area contributed by atoms with Gasteiger partial charge < -0.3 is 15.8 Å². The summed E-state index contributed by atoms with van der Waals surface area (Å²) in [5.41, 5.74) is 7.13. The number of nitrogens with two attached hydrogens (primary N) is 1. The van der Waals surface area contributed by atoms with Gasteiger partial charge in [-0.2, -0.15) is 0 Å². The Kier molecular flexibility index (Phi) is 4.09. The molecule has 94 valence electrons. The van der Waals surface area contributed by atoms with Gasteiger partial charge in [0.15, 0.2) is 0 Å². The van der Waals surface area contributed by atoms with Gasteiger partial charge in [-0.25, -0.2) is 4.39 Å². The lowest BCUT2D eigenvalue weighted by Crippen LogP contribution is -2.30. The predicted octanol–water partition coefficient (Wildman–Crippen LogP) is 2.99. The van der Waals surface area contributed by atoms with Crippen LogP contribution in [0.5, 0.6) is 0 Å². The van der Waals surface area contributed by atoms with Crippen LogP contribution in [0.4, 0.5) is 15.8 Å². The number of halogens is 2. The van der Waals surface area contributed by atoms with E-state index in [0.29, 0.717) is 14.9 Å². The van der Waals surface area contributed by atoms with Crippen LogP contribution in [0, 0.1) is 9.39 Å². The predicted molar refractivity (Wildman–Crippen MR) is 75.6 cm³/mol. The largest absolute Gasteiger partial charge is 0.397 e. The number of methoxy groups -OCH3 is 1. The lowest BCUT2D eigenvalue weighted by molar-refractivity contribution is 0.101. The van der Waals surface area contributed by atoms with E-state index in [1.54, 1.807) is 13.2 Å². The van der Waals surface area contributed by atoms with E-state index in [1.807, 2.05) is 22.6 Å². The van der Waals surface area contributed by atoms with Gasteiger partial charge in [0, 0.05) is 13.2 Å². The molecule has 1 aliphatic carbocycles. The molecule has 0 saturated heterocycles. The molecule has 0 bridgehead atoms. The Labute approximate surface area is 114 Å². The molecule has 17 heavy (non-hydrogen) atoms. The van der Waals surface area contributed by atoms with Crippen molar-refractivity contribution in [2.75, 3.05) is 18.2 Å². The molecule has 3 N–H and O–H groups in total. The van der Waals surface area contributed by atoms with Crippen LogP contribution in [0.2, 0.25) is 0 Å². The van der Waals surface area contributed by atoms with E-state index >= 15 is 0 Å². The molecule has 1 saturated carbocycles. The van der Waals surface area contributed by atoms with Gasteiger partial charge in [-0.1, -0.05) is 0 Å². The highest BCUT2D eigenvalue weighted by atomic mass is 127. The molecule has 0 aromatic heterocycles. The van der Waals surface area contributed by atoms with Crippen molar-refractivity contribution >= 4 is 34.0 Å². The zero-order chi connectivity index (χ0) is 12.4. The Morgan fingerprint density at radius 2 is 2.24 bits per heavy atom. The quantitative estimate of drug-likeness (QED) is 0.651. The Bertz CT molecular complexity index is 414. The summed E-state index contributed by atoms with van der Waals surface area (Å²) in [5.74, 6) is -0.241. The van der Waals surface area contributed by atoms with Crippen LogP contribution in [0.25, 0.3) is 0 Å². The lowest BCUT2D eigenvalue weighted by Gasteiger charge is -2.22. The fourth-order valence-electron chi connectivity index (χ4n) is 2.26. The van der Waals surface area contributed by atoms with Crippen LogP contribution in [0.3, 0.4) is 0 Å². The van der Waals surface area contributed by atoms with Crippen molar-refractivity contribution in [3.05, 3.63) is 21.5 Å². The van der Waals surface area contributed by atoms with Crippen molar-refractivity contribution in [2.45, 2.75) is 31.4 Å². The highest BCUT2D eigenvalue weighted by Gasteiger charge is 2.27. The van der Waals surface area contributed by atoms with Crippen molar-refractivity contribution in [3.8, 4) is 0 Å². The standard InChI is InChI=1S/C12H16FIN2O/c1-17-12-4-2-3-10(12)16-11-5-7(13)8(14)6-9(11)15/h5-6,10,12,16H,2-4,15H2,1H3. The molecule has 0 aliphatic heterocycles. The van der Waals surface area contributed by atoms with Gasteiger partial charge in [-0.3, -0.25) is 0 Å². The van der Waals surface area contributed by atoms with Crippen LogP contribution in [-0.2, 0) is 4.74 Å². The number of ether oxygens (including phenoxy) is 1. The first-order chi connectivity index (χ1) is 8.11. The Morgan fingerprint density at radius 1 is 1.47 bits per heavy atom. The molecule has 5 heteroatoms. The van der Waals surface area contributed by atoms with Crippen molar-refractivity contribution in [2.24, 2.45) is 0 Å². The van der Waals surface area contributed by atoms with E-state index in [0.717, 1.165) is 19.3 Å². The van der Waals surface area contributed by atoms with Gasteiger partial charge in [0.25, 0.3) is 0 Å². The van der Waals surface area contributed by atoms with Crippen LogP contribution in [-0.4, -0.2) is 19.3 Å². The van der Waals surface area contributed by atoms with E-state index in [4.69, 9.17) is 10.5 Å². The summed E-state index contributed by atoms with van der Waals surface area (Å²) in [6.07, 6.45) is 3.40. The molecule has 3 nitrogen and oxygen atoms in total. The van der Waals surface area contributed by atoms with Crippen molar-refractivity contribution in [1.82, 2.24) is 0 Å². The highest BCUT2D eigenvalue weighted by molar-refractivity contribution is 14.1.